The number of carbonyl (C=O) groups excluding carboxylic acids is 2. The number of hydrogen-bond acceptors (Lipinski definition) is 4. The largest absolute Gasteiger partial charge is 0.444 e. The van der Waals surface area contributed by atoms with Gasteiger partial charge >= 0.3 is 12.1 Å². The van der Waals surface area contributed by atoms with Crippen LogP contribution in [0.3, 0.4) is 0 Å². The summed E-state index contributed by atoms with van der Waals surface area (Å²) >= 11 is 0. The van der Waals surface area contributed by atoms with Gasteiger partial charge in [-0.15, -0.1) is 0 Å². The van der Waals surface area contributed by atoms with Crippen molar-refractivity contribution < 1.29 is 23.1 Å². The Morgan fingerprint density at radius 1 is 0.884 bits per heavy atom. The van der Waals surface area contributed by atoms with E-state index in [0.717, 1.165) is 29.3 Å². The highest BCUT2D eigenvalue weighted by molar-refractivity contribution is 5.76. The average Bonchev–Trinajstić information content (AvgIpc) is 2.99. The molecule has 3 aromatic rings. The molecule has 2 fully saturated rings. The maximum atomic E-state index is 15.0. The Bertz CT molecular complexity index is 1510. The molecule has 5 rings (SSSR count). The molecule has 0 spiro atoms. The van der Waals surface area contributed by atoms with E-state index < -0.39 is 29.4 Å². The van der Waals surface area contributed by atoms with E-state index >= 15 is 0 Å². The van der Waals surface area contributed by atoms with Crippen molar-refractivity contribution in [3.8, 4) is 11.1 Å². The van der Waals surface area contributed by atoms with Crippen LogP contribution in [0.25, 0.3) is 11.1 Å². The smallest absolute Gasteiger partial charge is 0.410 e. The van der Waals surface area contributed by atoms with Gasteiger partial charge in [-0.3, -0.25) is 4.79 Å². The summed E-state index contributed by atoms with van der Waals surface area (Å²) in [6, 6.07) is 15.4. The first kappa shape index (κ1) is 30.3. The van der Waals surface area contributed by atoms with Crippen LogP contribution in [0.5, 0.6) is 0 Å². The molecule has 0 N–H and O–H groups in total. The molecule has 3 heterocycles. The number of hydrogen-bond donors (Lipinski definition) is 0. The third kappa shape index (κ3) is 7.24. The number of pyridine rings is 1. The van der Waals surface area contributed by atoms with Crippen LogP contribution in [-0.4, -0.2) is 69.7 Å². The number of carbonyl (C=O) groups is 2. The molecular formula is C33H38F2N4O4. The molecule has 2 aliphatic heterocycles. The van der Waals surface area contributed by atoms with E-state index in [2.05, 4.69) is 0 Å². The number of halogens is 2. The lowest BCUT2D eigenvalue weighted by atomic mass is 9.96. The number of amides is 3. The van der Waals surface area contributed by atoms with Crippen LogP contribution in [0.2, 0.25) is 0 Å². The van der Waals surface area contributed by atoms with E-state index in [1.165, 1.54) is 9.80 Å². The highest BCUT2D eigenvalue weighted by Crippen LogP contribution is 2.31. The van der Waals surface area contributed by atoms with Gasteiger partial charge in [-0.25, -0.2) is 18.4 Å². The Morgan fingerprint density at radius 3 is 2.28 bits per heavy atom. The van der Waals surface area contributed by atoms with Crippen molar-refractivity contribution in [1.29, 1.82) is 0 Å². The van der Waals surface area contributed by atoms with Crippen molar-refractivity contribution in [2.75, 3.05) is 32.7 Å². The van der Waals surface area contributed by atoms with E-state index in [0.29, 0.717) is 32.5 Å². The second-order valence-electron chi connectivity index (χ2n) is 12.3. The lowest BCUT2D eigenvalue weighted by Crippen LogP contribution is -2.57. The van der Waals surface area contributed by atoms with Gasteiger partial charge in [-0.2, -0.15) is 0 Å². The van der Waals surface area contributed by atoms with Crippen molar-refractivity contribution in [3.63, 3.8) is 0 Å². The molecule has 3 amide bonds. The first-order valence-electron chi connectivity index (χ1n) is 14.7. The van der Waals surface area contributed by atoms with Crippen molar-refractivity contribution in [2.45, 2.75) is 51.8 Å². The summed E-state index contributed by atoms with van der Waals surface area (Å²) in [6.07, 6.45) is 2.67. The lowest BCUT2D eigenvalue weighted by Gasteiger charge is -2.44. The van der Waals surface area contributed by atoms with Gasteiger partial charge in [0.15, 0.2) is 0 Å². The van der Waals surface area contributed by atoms with Gasteiger partial charge < -0.3 is 24.0 Å². The number of piperidine rings is 1. The molecule has 2 saturated heterocycles. The monoisotopic (exact) mass is 592 g/mol. The number of urea groups is 1. The maximum Gasteiger partial charge on any atom is 0.410 e. The molecule has 0 radical (unpaired) electrons. The van der Waals surface area contributed by atoms with Gasteiger partial charge in [-0.05, 0) is 74.9 Å². The van der Waals surface area contributed by atoms with Crippen molar-refractivity contribution in [2.24, 2.45) is 5.92 Å². The van der Waals surface area contributed by atoms with E-state index in [1.807, 2.05) is 42.6 Å². The quantitative estimate of drug-likeness (QED) is 0.377. The summed E-state index contributed by atoms with van der Waals surface area (Å²) in [7, 11) is 0. The minimum absolute atomic E-state index is 0.0145. The van der Waals surface area contributed by atoms with E-state index in [4.69, 9.17) is 4.74 Å². The number of piperazine rings is 1. The molecule has 2 aromatic carbocycles. The Morgan fingerprint density at radius 2 is 1.60 bits per heavy atom. The van der Waals surface area contributed by atoms with Crippen LogP contribution in [-0.2, 0) is 11.3 Å². The Kier molecular flexibility index (Phi) is 8.84. The van der Waals surface area contributed by atoms with Crippen molar-refractivity contribution >= 4 is 12.1 Å². The molecule has 0 aliphatic carbocycles. The van der Waals surface area contributed by atoms with E-state index in [1.54, 1.807) is 36.3 Å². The third-order valence-corrected chi connectivity index (χ3v) is 8.04. The molecule has 2 aliphatic rings. The number of ether oxygens (including phenoxy) is 1. The summed E-state index contributed by atoms with van der Waals surface area (Å²) in [4.78, 5) is 44.1. The van der Waals surface area contributed by atoms with Crippen LogP contribution in [0.1, 0.15) is 45.2 Å². The fourth-order valence-electron chi connectivity index (χ4n) is 5.78. The summed E-state index contributed by atoms with van der Waals surface area (Å²) in [5, 5.41) is 0. The number of nitrogens with zero attached hydrogens (tertiary/aromatic N) is 4. The third-order valence-electron chi connectivity index (χ3n) is 8.04. The van der Waals surface area contributed by atoms with Crippen LogP contribution >= 0.6 is 0 Å². The zero-order valence-corrected chi connectivity index (χ0v) is 24.8. The van der Waals surface area contributed by atoms with Crippen molar-refractivity contribution in [1.82, 2.24) is 19.3 Å². The Balaban J connectivity index is 1.25. The van der Waals surface area contributed by atoms with Gasteiger partial charge in [0, 0.05) is 57.1 Å². The molecule has 43 heavy (non-hydrogen) atoms. The SMILES string of the molecule is CC(C)(C)OC(=O)N1CCN(C(=O)N2CCC(Cn3ccc(-c4ccccc4)cc3=O)CC2)[C@H](c2cc(F)ccc2F)C1. The zero-order valence-electron chi connectivity index (χ0n) is 24.8. The van der Waals surface area contributed by atoms with Gasteiger partial charge in [0.25, 0.3) is 5.56 Å². The normalized spacial score (nSPS) is 18.1. The second-order valence-corrected chi connectivity index (χ2v) is 12.3. The van der Waals surface area contributed by atoms with Gasteiger partial charge in [-0.1, -0.05) is 30.3 Å². The second kappa shape index (κ2) is 12.6. The maximum absolute atomic E-state index is 15.0. The molecule has 0 saturated carbocycles. The molecule has 228 valence electrons. The summed E-state index contributed by atoms with van der Waals surface area (Å²) in [6.45, 7) is 7.14. The summed E-state index contributed by atoms with van der Waals surface area (Å²) in [5.41, 5.74) is 1.10. The fourth-order valence-corrected chi connectivity index (χ4v) is 5.78. The Hall–Kier alpha value is -4.21. The van der Waals surface area contributed by atoms with Crippen LogP contribution in [0.15, 0.2) is 71.7 Å². The predicted molar refractivity (Wildman–Crippen MR) is 159 cm³/mol. The van der Waals surface area contributed by atoms with Crippen LogP contribution in [0.4, 0.5) is 18.4 Å². The topological polar surface area (TPSA) is 75.1 Å². The first-order valence-corrected chi connectivity index (χ1v) is 14.7. The highest BCUT2D eigenvalue weighted by atomic mass is 19.1. The fraction of sp³-hybridized carbons (Fsp3) is 0.424. The van der Waals surface area contributed by atoms with Gasteiger partial charge in [0.1, 0.15) is 17.2 Å². The molecule has 0 unspecified atom stereocenters. The van der Waals surface area contributed by atoms with Crippen molar-refractivity contribution in [3.05, 3.63) is 94.4 Å². The minimum atomic E-state index is -0.871. The number of likely N-dealkylation sites (tertiary alicyclic amines) is 1. The van der Waals surface area contributed by atoms with Gasteiger partial charge in [0.05, 0.1) is 6.04 Å². The molecule has 0 bridgehead atoms. The number of benzene rings is 2. The molecular weight excluding hydrogens is 554 g/mol. The zero-order chi connectivity index (χ0) is 30.7. The molecule has 1 atom stereocenters. The van der Waals surface area contributed by atoms with E-state index in [-0.39, 0.29) is 42.7 Å². The van der Waals surface area contributed by atoms with E-state index in [9.17, 15) is 23.2 Å². The molecule has 1 aromatic heterocycles. The standard InChI is InChI=1S/C33H38F2N4O4/c1-33(2,3)43-32(42)38-17-18-39(29(22-38)27-20-26(34)9-10-28(27)35)31(41)36-14-11-23(12-15-36)21-37-16-13-25(19-30(37)40)24-7-5-4-6-8-24/h4-10,13,16,19-20,23,29H,11-12,14-15,17-18,21-22H2,1-3H3/t29-/m0/s1. The minimum Gasteiger partial charge on any atom is -0.444 e. The summed E-state index contributed by atoms with van der Waals surface area (Å²) < 4.78 is 36.4. The first-order chi connectivity index (χ1) is 20.5. The van der Waals surface area contributed by atoms with Crippen LogP contribution < -0.4 is 5.56 Å². The summed E-state index contributed by atoms with van der Waals surface area (Å²) in [5.74, 6) is -1.05. The Labute approximate surface area is 250 Å². The highest BCUT2D eigenvalue weighted by Gasteiger charge is 2.39. The van der Waals surface area contributed by atoms with Crippen LogP contribution in [0, 0.1) is 17.6 Å². The number of rotatable bonds is 4. The number of aromatic nitrogens is 1. The predicted octanol–water partition coefficient (Wildman–Crippen LogP) is 5.92. The lowest BCUT2D eigenvalue weighted by molar-refractivity contribution is 0.00529. The molecule has 8 nitrogen and oxygen atoms in total. The molecule has 10 heteroatoms. The average molecular weight is 593 g/mol. The van der Waals surface area contributed by atoms with Gasteiger partial charge in [0.2, 0.25) is 0 Å².